The molecule has 104 valence electrons. The van der Waals surface area contributed by atoms with Crippen LogP contribution >= 0.6 is 0 Å². The Hall–Kier alpha value is -1.50. The van der Waals surface area contributed by atoms with E-state index >= 15 is 0 Å². The SMILES string of the molecule is COCCC(C)Oc1ccc(C)cc1C#CCCO. The molecule has 0 fully saturated rings. The van der Waals surface area contributed by atoms with Crippen LogP contribution in [0, 0.1) is 18.8 Å². The van der Waals surface area contributed by atoms with E-state index in [4.69, 9.17) is 14.6 Å². The van der Waals surface area contributed by atoms with Gasteiger partial charge in [0.1, 0.15) is 5.75 Å². The van der Waals surface area contributed by atoms with Crippen LogP contribution in [-0.4, -0.2) is 31.5 Å². The van der Waals surface area contributed by atoms with E-state index in [1.165, 1.54) is 0 Å². The Labute approximate surface area is 115 Å². The molecule has 19 heavy (non-hydrogen) atoms. The molecule has 0 spiro atoms. The third-order valence-electron chi connectivity index (χ3n) is 2.65. The van der Waals surface area contributed by atoms with Gasteiger partial charge in [-0.3, -0.25) is 0 Å². The van der Waals surface area contributed by atoms with Crippen LogP contribution in [0.5, 0.6) is 5.75 Å². The Morgan fingerprint density at radius 3 is 2.84 bits per heavy atom. The molecule has 0 heterocycles. The summed E-state index contributed by atoms with van der Waals surface area (Å²) in [6.45, 7) is 4.80. The van der Waals surface area contributed by atoms with E-state index in [0.29, 0.717) is 13.0 Å². The number of hydrogen-bond donors (Lipinski definition) is 1. The molecule has 1 N–H and O–H groups in total. The van der Waals surface area contributed by atoms with Crippen LogP contribution in [0.15, 0.2) is 18.2 Å². The largest absolute Gasteiger partial charge is 0.489 e. The summed E-state index contributed by atoms with van der Waals surface area (Å²) >= 11 is 0. The highest BCUT2D eigenvalue weighted by atomic mass is 16.5. The topological polar surface area (TPSA) is 38.7 Å². The summed E-state index contributed by atoms with van der Waals surface area (Å²) in [4.78, 5) is 0. The minimum absolute atomic E-state index is 0.0826. The summed E-state index contributed by atoms with van der Waals surface area (Å²) in [6.07, 6.45) is 1.40. The second-order valence-corrected chi connectivity index (χ2v) is 4.48. The molecule has 1 aromatic rings. The van der Waals surface area contributed by atoms with E-state index in [2.05, 4.69) is 11.8 Å². The predicted molar refractivity (Wildman–Crippen MR) is 76.3 cm³/mol. The number of aliphatic hydroxyl groups excluding tert-OH is 1. The van der Waals surface area contributed by atoms with Gasteiger partial charge in [-0.1, -0.05) is 17.9 Å². The average Bonchev–Trinajstić information content (AvgIpc) is 2.39. The Kier molecular flexibility index (Phi) is 7.02. The molecule has 0 radical (unpaired) electrons. The molecular formula is C16H22O3. The first kappa shape index (κ1) is 15.6. The lowest BCUT2D eigenvalue weighted by Crippen LogP contribution is -2.14. The zero-order chi connectivity index (χ0) is 14.1. The normalized spacial score (nSPS) is 11.6. The van der Waals surface area contributed by atoms with E-state index in [9.17, 15) is 0 Å². The number of methoxy groups -OCH3 is 1. The van der Waals surface area contributed by atoms with Crippen molar-refractivity contribution in [2.45, 2.75) is 32.8 Å². The molecule has 0 aliphatic heterocycles. The Morgan fingerprint density at radius 2 is 2.16 bits per heavy atom. The van der Waals surface area contributed by atoms with Crippen LogP contribution in [0.3, 0.4) is 0 Å². The fourth-order valence-corrected chi connectivity index (χ4v) is 1.62. The van der Waals surface area contributed by atoms with Gasteiger partial charge in [0.05, 0.1) is 18.3 Å². The number of rotatable bonds is 6. The molecule has 1 rings (SSSR count). The molecular weight excluding hydrogens is 240 g/mol. The number of benzene rings is 1. The molecule has 0 aliphatic carbocycles. The molecule has 0 amide bonds. The number of aliphatic hydroxyl groups is 1. The van der Waals surface area contributed by atoms with Gasteiger partial charge in [-0.05, 0) is 31.5 Å². The summed E-state index contributed by atoms with van der Waals surface area (Å²) in [7, 11) is 1.68. The summed E-state index contributed by atoms with van der Waals surface area (Å²) in [5, 5.41) is 8.76. The van der Waals surface area contributed by atoms with E-state index in [-0.39, 0.29) is 12.7 Å². The van der Waals surface area contributed by atoms with Crippen molar-refractivity contribution in [1.29, 1.82) is 0 Å². The molecule has 1 atom stereocenters. The summed E-state index contributed by atoms with van der Waals surface area (Å²) in [6, 6.07) is 5.96. The van der Waals surface area contributed by atoms with Crippen molar-refractivity contribution in [2.75, 3.05) is 20.3 Å². The van der Waals surface area contributed by atoms with Gasteiger partial charge in [-0.2, -0.15) is 0 Å². The highest BCUT2D eigenvalue weighted by Gasteiger charge is 2.07. The fourth-order valence-electron chi connectivity index (χ4n) is 1.62. The van der Waals surface area contributed by atoms with Gasteiger partial charge < -0.3 is 14.6 Å². The van der Waals surface area contributed by atoms with Crippen LogP contribution in [0.25, 0.3) is 0 Å². The highest BCUT2D eigenvalue weighted by Crippen LogP contribution is 2.21. The first-order valence-electron chi connectivity index (χ1n) is 6.53. The van der Waals surface area contributed by atoms with E-state index in [1.54, 1.807) is 7.11 Å². The minimum atomic E-state index is 0.0826. The molecule has 3 heteroatoms. The maximum Gasteiger partial charge on any atom is 0.135 e. The summed E-state index contributed by atoms with van der Waals surface area (Å²) < 4.78 is 10.9. The van der Waals surface area contributed by atoms with E-state index < -0.39 is 0 Å². The molecule has 0 saturated carbocycles. The van der Waals surface area contributed by atoms with Crippen molar-refractivity contribution in [2.24, 2.45) is 0 Å². The van der Waals surface area contributed by atoms with Crippen molar-refractivity contribution >= 4 is 0 Å². The minimum Gasteiger partial charge on any atom is -0.489 e. The van der Waals surface area contributed by atoms with Crippen LogP contribution in [0.1, 0.15) is 30.9 Å². The van der Waals surface area contributed by atoms with Crippen LogP contribution in [0.2, 0.25) is 0 Å². The molecule has 0 aromatic heterocycles. The molecule has 3 nitrogen and oxygen atoms in total. The second kappa shape index (κ2) is 8.58. The van der Waals surface area contributed by atoms with Crippen LogP contribution in [-0.2, 0) is 4.74 Å². The highest BCUT2D eigenvalue weighted by molar-refractivity contribution is 5.48. The number of hydrogen-bond acceptors (Lipinski definition) is 3. The first-order valence-corrected chi connectivity index (χ1v) is 6.53. The molecule has 0 aliphatic rings. The fraction of sp³-hybridized carbons (Fsp3) is 0.500. The van der Waals surface area contributed by atoms with Crippen molar-refractivity contribution in [1.82, 2.24) is 0 Å². The molecule has 1 unspecified atom stereocenters. The van der Waals surface area contributed by atoms with Gasteiger partial charge >= 0.3 is 0 Å². The Bertz CT molecular complexity index is 443. The number of aryl methyl sites for hydroxylation is 1. The summed E-state index contributed by atoms with van der Waals surface area (Å²) in [5.41, 5.74) is 2.02. The lowest BCUT2D eigenvalue weighted by molar-refractivity contribution is 0.135. The Morgan fingerprint density at radius 1 is 1.37 bits per heavy atom. The quantitative estimate of drug-likeness (QED) is 0.801. The van der Waals surface area contributed by atoms with Crippen molar-refractivity contribution in [3.8, 4) is 17.6 Å². The van der Waals surface area contributed by atoms with Gasteiger partial charge in [0.25, 0.3) is 0 Å². The maximum atomic E-state index is 8.76. The van der Waals surface area contributed by atoms with E-state index in [1.807, 2.05) is 32.0 Å². The smallest absolute Gasteiger partial charge is 0.135 e. The van der Waals surface area contributed by atoms with Gasteiger partial charge in [0, 0.05) is 26.6 Å². The van der Waals surface area contributed by atoms with Crippen LogP contribution in [0.4, 0.5) is 0 Å². The molecule has 0 saturated heterocycles. The maximum absolute atomic E-state index is 8.76. The number of ether oxygens (including phenoxy) is 2. The van der Waals surface area contributed by atoms with Gasteiger partial charge in [0.2, 0.25) is 0 Å². The monoisotopic (exact) mass is 262 g/mol. The van der Waals surface area contributed by atoms with Crippen molar-refractivity contribution < 1.29 is 14.6 Å². The van der Waals surface area contributed by atoms with Crippen LogP contribution < -0.4 is 4.74 Å². The standard InChI is InChI=1S/C16H22O3/c1-13-7-8-16(19-14(2)9-11-18-3)15(12-13)6-4-5-10-17/h7-8,12,14,17H,5,9-11H2,1-3H3. The lowest BCUT2D eigenvalue weighted by Gasteiger charge is -2.15. The average molecular weight is 262 g/mol. The third kappa shape index (κ3) is 5.78. The third-order valence-corrected chi connectivity index (χ3v) is 2.65. The first-order chi connectivity index (χ1) is 9.17. The van der Waals surface area contributed by atoms with Crippen molar-refractivity contribution in [3.05, 3.63) is 29.3 Å². The molecule has 1 aromatic carbocycles. The Balaban J connectivity index is 2.79. The predicted octanol–water partition coefficient (Wildman–Crippen LogP) is 2.53. The van der Waals surface area contributed by atoms with Gasteiger partial charge in [0.15, 0.2) is 0 Å². The van der Waals surface area contributed by atoms with Gasteiger partial charge in [-0.25, -0.2) is 0 Å². The zero-order valence-corrected chi connectivity index (χ0v) is 11.9. The lowest BCUT2D eigenvalue weighted by atomic mass is 10.1. The second-order valence-electron chi connectivity index (χ2n) is 4.48. The van der Waals surface area contributed by atoms with Crippen molar-refractivity contribution in [3.63, 3.8) is 0 Å². The zero-order valence-electron chi connectivity index (χ0n) is 11.9. The van der Waals surface area contributed by atoms with E-state index in [0.717, 1.165) is 23.3 Å². The van der Waals surface area contributed by atoms with Gasteiger partial charge in [-0.15, -0.1) is 0 Å². The molecule has 0 bridgehead atoms. The summed E-state index contributed by atoms with van der Waals surface area (Å²) in [5.74, 6) is 6.77.